The van der Waals surface area contributed by atoms with Gasteiger partial charge < -0.3 is 10.0 Å². The van der Waals surface area contributed by atoms with Gasteiger partial charge in [0.05, 0.1) is 11.3 Å². The maximum Gasteiger partial charge on any atom is 0.335 e. The Bertz CT molecular complexity index is 667. The second kappa shape index (κ2) is 6.28. The summed E-state index contributed by atoms with van der Waals surface area (Å²) < 4.78 is 0. The van der Waals surface area contributed by atoms with Crippen LogP contribution in [0.3, 0.4) is 0 Å². The molecule has 114 valence electrons. The smallest absolute Gasteiger partial charge is 0.335 e. The molecule has 1 aliphatic rings. The first-order chi connectivity index (χ1) is 10.6. The molecular formula is C18H20N2O2. The van der Waals surface area contributed by atoms with Crippen molar-refractivity contribution < 1.29 is 9.90 Å². The molecule has 4 heteroatoms. The molecule has 1 fully saturated rings. The van der Waals surface area contributed by atoms with E-state index < -0.39 is 5.97 Å². The lowest BCUT2D eigenvalue weighted by atomic mass is 9.99. The van der Waals surface area contributed by atoms with E-state index in [0.717, 1.165) is 24.2 Å². The molecule has 2 aromatic rings. The van der Waals surface area contributed by atoms with Crippen molar-refractivity contribution in [3.05, 3.63) is 53.7 Å². The largest absolute Gasteiger partial charge is 0.478 e. The van der Waals surface area contributed by atoms with Crippen LogP contribution in [0.15, 0.2) is 42.6 Å². The van der Waals surface area contributed by atoms with Crippen molar-refractivity contribution in [2.45, 2.75) is 12.8 Å². The molecule has 0 spiro atoms. The van der Waals surface area contributed by atoms with Crippen LogP contribution >= 0.6 is 0 Å². The molecular weight excluding hydrogens is 276 g/mol. The van der Waals surface area contributed by atoms with Gasteiger partial charge in [-0.25, -0.2) is 4.79 Å². The van der Waals surface area contributed by atoms with Crippen molar-refractivity contribution >= 4 is 5.97 Å². The van der Waals surface area contributed by atoms with Crippen LogP contribution in [0.25, 0.3) is 11.3 Å². The molecule has 4 nitrogen and oxygen atoms in total. The molecule has 0 radical (unpaired) electrons. The molecule has 1 N–H and O–H groups in total. The molecule has 1 aromatic carbocycles. The lowest BCUT2D eigenvalue weighted by Crippen LogP contribution is -2.15. The number of nitrogens with zero attached hydrogens (tertiary/aromatic N) is 2. The molecule has 22 heavy (non-hydrogen) atoms. The van der Waals surface area contributed by atoms with Crippen LogP contribution in [0.2, 0.25) is 0 Å². The normalized spacial score (nSPS) is 18.5. The van der Waals surface area contributed by atoms with Gasteiger partial charge in [0.25, 0.3) is 0 Å². The fraction of sp³-hybridized carbons (Fsp3) is 0.333. The summed E-state index contributed by atoms with van der Waals surface area (Å²) in [5, 5.41) is 9.06. The summed E-state index contributed by atoms with van der Waals surface area (Å²) in [6.45, 7) is 2.33. The van der Waals surface area contributed by atoms with Gasteiger partial charge in [-0.05, 0) is 56.1 Å². The maximum atomic E-state index is 11.0. The first-order valence-electron chi connectivity index (χ1n) is 7.59. The summed E-state index contributed by atoms with van der Waals surface area (Å²) in [7, 11) is 2.16. The molecule has 1 atom stereocenters. The summed E-state index contributed by atoms with van der Waals surface area (Å²) >= 11 is 0. The molecule has 2 heterocycles. The van der Waals surface area contributed by atoms with E-state index in [4.69, 9.17) is 5.11 Å². The Balaban J connectivity index is 1.73. The Kier molecular flexibility index (Phi) is 4.20. The third-order valence-electron chi connectivity index (χ3n) is 4.24. The van der Waals surface area contributed by atoms with Crippen LogP contribution in [0, 0.1) is 5.92 Å². The Labute approximate surface area is 130 Å². The fourth-order valence-electron chi connectivity index (χ4n) is 3.05. The number of rotatable bonds is 4. The van der Waals surface area contributed by atoms with Gasteiger partial charge in [-0.2, -0.15) is 0 Å². The highest BCUT2D eigenvalue weighted by Gasteiger charge is 2.19. The van der Waals surface area contributed by atoms with Crippen LogP contribution in [0.1, 0.15) is 22.3 Å². The first-order valence-corrected chi connectivity index (χ1v) is 7.59. The number of aromatic carboxylic acids is 1. The van der Waals surface area contributed by atoms with E-state index in [9.17, 15) is 4.79 Å². The highest BCUT2D eigenvalue weighted by Crippen LogP contribution is 2.22. The summed E-state index contributed by atoms with van der Waals surface area (Å²) in [6.07, 6.45) is 4.23. The molecule has 1 aromatic heterocycles. The van der Waals surface area contributed by atoms with Crippen molar-refractivity contribution in [3.8, 4) is 11.3 Å². The number of aromatic nitrogens is 1. The second-order valence-electron chi connectivity index (χ2n) is 6.06. The van der Waals surface area contributed by atoms with Crippen molar-refractivity contribution in [2.75, 3.05) is 20.1 Å². The van der Waals surface area contributed by atoms with E-state index in [1.54, 1.807) is 18.2 Å². The molecule has 1 saturated heterocycles. The van der Waals surface area contributed by atoms with Gasteiger partial charge in [-0.1, -0.05) is 18.2 Å². The minimum absolute atomic E-state index is 0.289. The number of pyridine rings is 1. The van der Waals surface area contributed by atoms with Crippen LogP contribution in [-0.2, 0) is 6.42 Å². The van der Waals surface area contributed by atoms with E-state index in [1.165, 1.54) is 18.5 Å². The zero-order chi connectivity index (χ0) is 15.5. The number of carbonyl (C=O) groups is 1. The summed E-state index contributed by atoms with van der Waals surface area (Å²) in [5.74, 6) is -0.197. The molecule has 0 amide bonds. The zero-order valence-corrected chi connectivity index (χ0v) is 12.7. The predicted molar refractivity (Wildman–Crippen MR) is 85.9 cm³/mol. The minimum atomic E-state index is -0.913. The van der Waals surface area contributed by atoms with Gasteiger partial charge in [0.15, 0.2) is 0 Å². The summed E-state index contributed by atoms with van der Waals surface area (Å²) in [4.78, 5) is 17.9. The van der Waals surface area contributed by atoms with Gasteiger partial charge in [-0.15, -0.1) is 0 Å². The van der Waals surface area contributed by atoms with Gasteiger partial charge in [0, 0.05) is 18.3 Å². The van der Waals surface area contributed by atoms with Crippen LogP contribution in [0.5, 0.6) is 0 Å². The number of carboxylic acids is 1. The van der Waals surface area contributed by atoms with E-state index in [0.29, 0.717) is 5.92 Å². The third-order valence-corrected chi connectivity index (χ3v) is 4.24. The van der Waals surface area contributed by atoms with Gasteiger partial charge in [0.1, 0.15) is 0 Å². The summed E-state index contributed by atoms with van der Waals surface area (Å²) in [6, 6.07) is 11.0. The van der Waals surface area contributed by atoms with Crippen molar-refractivity contribution in [3.63, 3.8) is 0 Å². The Morgan fingerprint density at radius 2 is 2.23 bits per heavy atom. The predicted octanol–water partition coefficient (Wildman–Crippen LogP) is 2.94. The van der Waals surface area contributed by atoms with Crippen LogP contribution < -0.4 is 0 Å². The van der Waals surface area contributed by atoms with E-state index in [-0.39, 0.29) is 5.56 Å². The number of carboxylic acid groups (broad SMARTS) is 1. The monoisotopic (exact) mass is 296 g/mol. The molecule has 0 saturated carbocycles. The third kappa shape index (κ3) is 3.34. The fourth-order valence-corrected chi connectivity index (χ4v) is 3.05. The van der Waals surface area contributed by atoms with Gasteiger partial charge in [-0.3, -0.25) is 4.98 Å². The van der Waals surface area contributed by atoms with Crippen molar-refractivity contribution in [1.29, 1.82) is 0 Å². The van der Waals surface area contributed by atoms with E-state index in [1.807, 2.05) is 18.3 Å². The standard InChI is InChI=1S/C18H20N2O2/c1-20-8-7-14(12-20)9-13-5-6-17(19-11-13)15-3-2-4-16(10-15)18(21)22/h2-6,10-11,14H,7-9,12H2,1H3,(H,21,22)/t14-/m0/s1. The molecule has 0 aliphatic carbocycles. The number of hydrogen-bond donors (Lipinski definition) is 1. The molecule has 3 rings (SSSR count). The average molecular weight is 296 g/mol. The highest BCUT2D eigenvalue weighted by molar-refractivity contribution is 5.89. The SMILES string of the molecule is CN1CC[C@@H](Cc2ccc(-c3cccc(C(=O)O)c3)nc2)C1. The molecule has 0 unspecified atom stereocenters. The average Bonchev–Trinajstić information content (AvgIpc) is 2.93. The Morgan fingerprint density at radius 1 is 1.36 bits per heavy atom. The van der Waals surface area contributed by atoms with Gasteiger partial charge >= 0.3 is 5.97 Å². The molecule has 1 aliphatic heterocycles. The number of hydrogen-bond acceptors (Lipinski definition) is 3. The Morgan fingerprint density at radius 3 is 2.86 bits per heavy atom. The topological polar surface area (TPSA) is 53.4 Å². The van der Waals surface area contributed by atoms with E-state index >= 15 is 0 Å². The zero-order valence-electron chi connectivity index (χ0n) is 12.7. The Hall–Kier alpha value is -2.20. The number of benzene rings is 1. The maximum absolute atomic E-state index is 11.0. The minimum Gasteiger partial charge on any atom is -0.478 e. The lowest BCUT2D eigenvalue weighted by molar-refractivity contribution is 0.0697. The number of likely N-dealkylation sites (tertiary alicyclic amines) is 1. The van der Waals surface area contributed by atoms with Gasteiger partial charge in [0.2, 0.25) is 0 Å². The molecule has 0 bridgehead atoms. The highest BCUT2D eigenvalue weighted by atomic mass is 16.4. The van der Waals surface area contributed by atoms with E-state index in [2.05, 4.69) is 23.0 Å². The van der Waals surface area contributed by atoms with Crippen LogP contribution in [0.4, 0.5) is 0 Å². The summed E-state index contributed by atoms with van der Waals surface area (Å²) in [5.41, 5.74) is 3.19. The van der Waals surface area contributed by atoms with Crippen molar-refractivity contribution in [2.24, 2.45) is 5.92 Å². The lowest BCUT2D eigenvalue weighted by Gasteiger charge is -2.10. The van der Waals surface area contributed by atoms with Crippen molar-refractivity contribution in [1.82, 2.24) is 9.88 Å². The quantitative estimate of drug-likeness (QED) is 0.942. The first kappa shape index (κ1) is 14.7. The van der Waals surface area contributed by atoms with Crippen LogP contribution in [-0.4, -0.2) is 41.1 Å². The second-order valence-corrected chi connectivity index (χ2v) is 6.06.